The lowest BCUT2D eigenvalue weighted by Crippen LogP contribution is -1.91. The van der Waals surface area contributed by atoms with Gasteiger partial charge in [-0.05, 0) is 37.0 Å². The first kappa shape index (κ1) is 9.91. The van der Waals surface area contributed by atoms with Crippen LogP contribution in [0.4, 0.5) is 0 Å². The van der Waals surface area contributed by atoms with Crippen LogP contribution in [0.5, 0.6) is 0 Å². The Hall–Kier alpha value is -1.63. The molecule has 0 fully saturated rings. The summed E-state index contributed by atoms with van der Waals surface area (Å²) in [7, 11) is 0. The maximum Gasteiger partial charge on any atom is 0.150 e. The van der Waals surface area contributed by atoms with E-state index in [-0.39, 0.29) is 0 Å². The summed E-state index contributed by atoms with van der Waals surface area (Å²) in [6.45, 7) is 4.23. The molecule has 0 saturated heterocycles. The predicted molar refractivity (Wildman–Crippen MR) is 62.8 cm³/mol. The number of aldehydes is 1. The molecule has 2 rings (SSSR count). The Balaban J connectivity index is 2.48. The Bertz CT molecular complexity index is 464. The summed E-state index contributed by atoms with van der Waals surface area (Å²) < 4.78 is 0. The maximum absolute atomic E-state index is 10.9. The minimum atomic E-state index is 0.787. The summed E-state index contributed by atoms with van der Waals surface area (Å²) >= 11 is 0. The quantitative estimate of drug-likeness (QED) is 0.663. The van der Waals surface area contributed by atoms with Gasteiger partial charge in [-0.25, -0.2) is 0 Å². The van der Waals surface area contributed by atoms with E-state index in [1.165, 1.54) is 16.7 Å². The molecule has 0 spiro atoms. The fraction of sp³-hybridized carbons (Fsp3) is 0.214. The third-order valence-corrected chi connectivity index (χ3v) is 2.81. The van der Waals surface area contributed by atoms with Gasteiger partial charge in [0.25, 0.3) is 0 Å². The van der Waals surface area contributed by atoms with Crippen LogP contribution in [0.1, 0.15) is 36.2 Å². The number of carbonyl (C=O) groups is 1. The number of allylic oxidation sites excluding steroid dienone is 4. The second kappa shape index (κ2) is 3.85. The van der Waals surface area contributed by atoms with Gasteiger partial charge in [0.05, 0.1) is 0 Å². The fourth-order valence-corrected chi connectivity index (χ4v) is 2.11. The van der Waals surface area contributed by atoms with Crippen LogP contribution in [-0.2, 0) is 0 Å². The zero-order valence-corrected chi connectivity index (χ0v) is 9.08. The van der Waals surface area contributed by atoms with E-state index in [1.54, 1.807) is 0 Å². The van der Waals surface area contributed by atoms with Crippen LogP contribution in [-0.4, -0.2) is 6.29 Å². The average molecular weight is 198 g/mol. The SMILES string of the molecule is CC1=CC(C)=C(c2ccccc2C=O)C1. The first-order chi connectivity index (χ1) is 7.22. The highest BCUT2D eigenvalue weighted by atomic mass is 16.1. The highest BCUT2D eigenvalue weighted by Gasteiger charge is 2.14. The molecule has 0 saturated carbocycles. The van der Waals surface area contributed by atoms with Gasteiger partial charge in [-0.2, -0.15) is 0 Å². The van der Waals surface area contributed by atoms with Crippen LogP contribution in [0.3, 0.4) is 0 Å². The van der Waals surface area contributed by atoms with Crippen LogP contribution in [0, 0.1) is 0 Å². The second-order valence-corrected chi connectivity index (χ2v) is 4.03. The van der Waals surface area contributed by atoms with Gasteiger partial charge in [-0.15, -0.1) is 0 Å². The van der Waals surface area contributed by atoms with Crippen molar-refractivity contribution in [2.45, 2.75) is 20.3 Å². The standard InChI is InChI=1S/C14H14O/c1-10-7-11(2)14(8-10)13-6-4-3-5-12(13)9-15/h3-7,9H,8H2,1-2H3. The van der Waals surface area contributed by atoms with E-state index in [4.69, 9.17) is 0 Å². The third-order valence-electron chi connectivity index (χ3n) is 2.81. The molecular weight excluding hydrogens is 184 g/mol. The molecule has 1 aromatic carbocycles. The number of hydrogen-bond acceptors (Lipinski definition) is 1. The summed E-state index contributed by atoms with van der Waals surface area (Å²) in [5.74, 6) is 0. The Morgan fingerprint density at radius 2 is 1.93 bits per heavy atom. The number of carbonyl (C=O) groups excluding carboxylic acids is 1. The molecule has 0 amide bonds. The lowest BCUT2D eigenvalue weighted by Gasteiger charge is -2.07. The molecule has 0 heterocycles. The zero-order valence-electron chi connectivity index (χ0n) is 9.08. The topological polar surface area (TPSA) is 17.1 Å². The van der Waals surface area contributed by atoms with Crippen molar-refractivity contribution < 1.29 is 4.79 Å². The Kier molecular flexibility index (Phi) is 2.55. The van der Waals surface area contributed by atoms with Crippen molar-refractivity contribution in [3.05, 3.63) is 52.6 Å². The molecule has 1 aliphatic carbocycles. The van der Waals surface area contributed by atoms with Crippen LogP contribution in [0.25, 0.3) is 5.57 Å². The highest BCUT2D eigenvalue weighted by molar-refractivity contribution is 5.88. The van der Waals surface area contributed by atoms with Gasteiger partial charge in [0, 0.05) is 5.56 Å². The molecule has 0 unspecified atom stereocenters. The van der Waals surface area contributed by atoms with E-state index in [0.29, 0.717) is 0 Å². The van der Waals surface area contributed by atoms with E-state index in [2.05, 4.69) is 19.9 Å². The van der Waals surface area contributed by atoms with E-state index in [9.17, 15) is 4.79 Å². The molecular formula is C14H14O. The fourth-order valence-electron chi connectivity index (χ4n) is 2.11. The normalized spacial score (nSPS) is 15.5. The molecule has 0 atom stereocenters. The Morgan fingerprint density at radius 3 is 2.53 bits per heavy atom. The summed E-state index contributed by atoms with van der Waals surface area (Å²) in [4.78, 5) is 10.9. The molecule has 76 valence electrons. The van der Waals surface area contributed by atoms with E-state index in [1.807, 2.05) is 24.3 Å². The molecule has 0 aromatic heterocycles. The van der Waals surface area contributed by atoms with Crippen molar-refractivity contribution in [2.24, 2.45) is 0 Å². The molecule has 1 nitrogen and oxygen atoms in total. The maximum atomic E-state index is 10.9. The Morgan fingerprint density at radius 1 is 1.20 bits per heavy atom. The van der Waals surface area contributed by atoms with E-state index >= 15 is 0 Å². The van der Waals surface area contributed by atoms with Gasteiger partial charge < -0.3 is 0 Å². The lowest BCUT2D eigenvalue weighted by atomic mass is 9.96. The lowest BCUT2D eigenvalue weighted by molar-refractivity contribution is 0.112. The number of rotatable bonds is 2. The third kappa shape index (κ3) is 1.78. The van der Waals surface area contributed by atoms with Crippen molar-refractivity contribution in [3.63, 3.8) is 0 Å². The molecule has 1 aromatic rings. The first-order valence-electron chi connectivity index (χ1n) is 5.14. The first-order valence-corrected chi connectivity index (χ1v) is 5.14. The van der Waals surface area contributed by atoms with Gasteiger partial charge in [0.15, 0.2) is 6.29 Å². The summed E-state index contributed by atoms with van der Waals surface area (Å²) in [5, 5.41) is 0. The Labute approximate surface area is 90.1 Å². The largest absolute Gasteiger partial charge is 0.298 e. The zero-order chi connectivity index (χ0) is 10.8. The van der Waals surface area contributed by atoms with Crippen LogP contribution in [0.15, 0.2) is 41.5 Å². The smallest absolute Gasteiger partial charge is 0.150 e. The van der Waals surface area contributed by atoms with Crippen LogP contribution >= 0.6 is 0 Å². The summed E-state index contributed by atoms with van der Waals surface area (Å²) in [5.41, 5.74) is 5.80. The van der Waals surface area contributed by atoms with Gasteiger partial charge in [0.1, 0.15) is 0 Å². The predicted octanol–water partition coefficient (Wildman–Crippen LogP) is 3.62. The van der Waals surface area contributed by atoms with Gasteiger partial charge in [0.2, 0.25) is 0 Å². The molecule has 1 heteroatoms. The van der Waals surface area contributed by atoms with E-state index in [0.717, 1.165) is 23.8 Å². The molecule has 0 radical (unpaired) electrons. The average Bonchev–Trinajstić information content (AvgIpc) is 2.57. The monoisotopic (exact) mass is 198 g/mol. The van der Waals surface area contributed by atoms with Crippen LogP contribution < -0.4 is 0 Å². The highest BCUT2D eigenvalue weighted by Crippen LogP contribution is 2.33. The van der Waals surface area contributed by atoms with Crippen LogP contribution in [0.2, 0.25) is 0 Å². The number of hydrogen-bond donors (Lipinski definition) is 0. The minimum Gasteiger partial charge on any atom is -0.298 e. The van der Waals surface area contributed by atoms with Crippen molar-refractivity contribution in [1.82, 2.24) is 0 Å². The summed E-state index contributed by atoms with van der Waals surface area (Å²) in [6, 6.07) is 7.78. The van der Waals surface area contributed by atoms with Crippen molar-refractivity contribution in [2.75, 3.05) is 0 Å². The molecule has 1 aliphatic rings. The van der Waals surface area contributed by atoms with Crippen molar-refractivity contribution in [1.29, 1.82) is 0 Å². The van der Waals surface area contributed by atoms with Gasteiger partial charge >= 0.3 is 0 Å². The molecule has 0 aliphatic heterocycles. The molecule has 0 N–H and O–H groups in total. The van der Waals surface area contributed by atoms with Crippen molar-refractivity contribution in [3.8, 4) is 0 Å². The summed E-state index contributed by atoms with van der Waals surface area (Å²) in [6.07, 6.45) is 4.09. The van der Waals surface area contributed by atoms with Gasteiger partial charge in [-0.1, -0.05) is 35.9 Å². The van der Waals surface area contributed by atoms with Gasteiger partial charge in [-0.3, -0.25) is 4.79 Å². The molecule has 15 heavy (non-hydrogen) atoms. The molecule has 0 bridgehead atoms. The van der Waals surface area contributed by atoms with E-state index < -0.39 is 0 Å². The number of benzene rings is 1. The minimum absolute atomic E-state index is 0.787. The van der Waals surface area contributed by atoms with Crippen molar-refractivity contribution >= 4 is 11.9 Å². The second-order valence-electron chi connectivity index (χ2n) is 4.03.